The van der Waals surface area contributed by atoms with Crippen LogP contribution in [0.1, 0.15) is 12.5 Å². The van der Waals surface area contributed by atoms with Crippen LogP contribution >= 0.6 is 11.6 Å². The molecule has 2 aromatic rings. The van der Waals surface area contributed by atoms with E-state index in [1.807, 2.05) is 31.2 Å². The molecule has 0 radical (unpaired) electrons. The second kappa shape index (κ2) is 4.67. The smallest absolute Gasteiger partial charge is 0.134 e. The molecule has 2 rings (SSSR count). The fourth-order valence-corrected chi connectivity index (χ4v) is 1.98. The average Bonchev–Trinajstić information content (AvgIpc) is 2.31. The first kappa shape index (κ1) is 11.2. The van der Waals surface area contributed by atoms with Gasteiger partial charge in [0.15, 0.2) is 0 Å². The zero-order valence-corrected chi connectivity index (χ0v) is 9.76. The van der Waals surface area contributed by atoms with Crippen LogP contribution in [0.5, 0.6) is 0 Å². The van der Waals surface area contributed by atoms with Crippen molar-refractivity contribution in [2.24, 2.45) is 0 Å². The van der Waals surface area contributed by atoms with E-state index in [9.17, 15) is 4.39 Å². The number of hydrogen-bond acceptors (Lipinski definition) is 0. The Balaban J connectivity index is 2.61. The molecule has 0 aromatic heterocycles. The van der Waals surface area contributed by atoms with Crippen molar-refractivity contribution in [1.82, 2.24) is 0 Å². The molecule has 0 unspecified atom stereocenters. The van der Waals surface area contributed by atoms with Crippen LogP contribution in [0.4, 0.5) is 4.39 Å². The second-order valence-corrected chi connectivity index (χ2v) is 4.02. The number of aryl methyl sites for hydroxylation is 1. The Morgan fingerprint density at radius 2 is 1.69 bits per heavy atom. The molecule has 0 saturated heterocycles. The van der Waals surface area contributed by atoms with Crippen LogP contribution in [0.25, 0.3) is 11.1 Å². The van der Waals surface area contributed by atoms with Crippen molar-refractivity contribution in [3.8, 4) is 11.1 Å². The van der Waals surface area contributed by atoms with Gasteiger partial charge in [0.25, 0.3) is 0 Å². The highest BCUT2D eigenvalue weighted by Crippen LogP contribution is 2.30. The SMILES string of the molecule is CCc1cccc(-c2ccccc2Cl)c1F. The molecule has 2 heteroatoms. The van der Waals surface area contributed by atoms with Gasteiger partial charge in [-0.05, 0) is 18.1 Å². The van der Waals surface area contributed by atoms with Crippen LogP contribution in [0.3, 0.4) is 0 Å². The van der Waals surface area contributed by atoms with E-state index in [1.54, 1.807) is 18.2 Å². The lowest BCUT2D eigenvalue weighted by Crippen LogP contribution is -1.92. The molecule has 0 atom stereocenters. The fourth-order valence-electron chi connectivity index (χ4n) is 1.74. The number of benzene rings is 2. The highest BCUT2D eigenvalue weighted by molar-refractivity contribution is 6.33. The van der Waals surface area contributed by atoms with Crippen molar-refractivity contribution >= 4 is 11.6 Å². The maximum absolute atomic E-state index is 14.1. The Labute approximate surface area is 99.7 Å². The summed E-state index contributed by atoms with van der Waals surface area (Å²) in [4.78, 5) is 0. The lowest BCUT2D eigenvalue weighted by Gasteiger charge is -2.08. The molecule has 0 aliphatic rings. The average molecular weight is 235 g/mol. The van der Waals surface area contributed by atoms with Gasteiger partial charge in [0, 0.05) is 16.1 Å². The molecule has 0 saturated carbocycles. The summed E-state index contributed by atoms with van der Waals surface area (Å²) in [5.74, 6) is -0.168. The number of halogens is 2. The number of rotatable bonds is 2. The van der Waals surface area contributed by atoms with Crippen molar-refractivity contribution in [2.75, 3.05) is 0 Å². The monoisotopic (exact) mass is 234 g/mol. The Morgan fingerprint density at radius 1 is 1.00 bits per heavy atom. The molecule has 0 bridgehead atoms. The van der Waals surface area contributed by atoms with E-state index in [1.165, 1.54) is 0 Å². The molecule has 0 amide bonds. The van der Waals surface area contributed by atoms with E-state index in [4.69, 9.17) is 11.6 Å². The van der Waals surface area contributed by atoms with E-state index in [0.717, 1.165) is 11.1 Å². The summed E-state index contributed by atoms with van der Waals surface area (Å²) >= 11 is 6.06. The van der Waals surface area contributed by atoms with Gasteiger partial charge in [0.2, 0.25) is 0 Å². The van der Waals surface area contributed by atoms with Crippen LogP contribution in [0.2, 0.25) is 5.02 Å². The summed E-state index contributed by atoms with van der Waals surface area (Å²) < 4.78 is 14.1. The van der Waals surface area contributed by atoms with Crippen molar-refractivity contribution in [3.05, 3.63) is 58.9 Å². The van der Waals surface area contributed by atoms with Gasteiger partial charge in [-0.3, -0.25) is 0 Å². The molecule has 0 aliphatic carbocycles. The van der Waals surface area contributed by atoms with Crippen molar-refractivity contribution in [2.45, 2.75) is 13.3 Å². The zero-order valence-electron chi connectivity index (χ0n) is 9.00. The van der Waals surface area contributed by atoms with E-state index < -0.39 is 0 Å². The maximum Gasteiger partial charge on any atom is 0.134 e. The van der Waals surface area contributed by atoms with Crippen molar-refractivity contribution in [1.29, 1.82) is 0 Å². The summed E-state index contributed by atoms with van der Waals surface area (Å²) in [6.45, 7) is 1.94. The normalized spacial score (nSPS) is 10.4. The predicted molar refractivity (Wildman–Crippen MR) is 66.2 cm³/mol. The molecule has 2 aromatic carbocycles. The molecule has 0 fully saturated rings. The van der Waals surface area contributed by atoms with Gasteiger partial charge in [-0.15, -0.1) is 0 Å². The Hall–Kier alpha value is -1.34. The highest BCUT2D eigenvalue weighted by atomic mass is 35.5. The largest absolute Gasteiger partial charge is 0.206 e. The second-order valence-electron chi connectivity index (χ2n) is 3.61. The molecular weight excluding hydrogens is 223 g/mol. The van der Waals surface area contributed by atoms with Crippen LogP contribution in [0.15, 0.2) is 42.5 Å². The van der Waals surface area contributed by atoms with Gasteiger partial charge in [0.1, 0.15) is 5.82 Å². The minimum atomic E-state index is -0.168. The standard InChI is InChI=1S/C14H12ClF/c1-2-10-6-5-8-12(14(10)16)11-7-3-4-9-13(11)15/h3-9H,2H2,1H3. The number of hydrogen-bond donors (Lipinski definition) is 0. The van der Waals surface area contributed by atoms with E-state index in [0.29, 0.717) is 17.0 Å². The third-order valence-electron chi connectivity index (χ3n) is 2.62. The van der Waals surface area contributed by atoms with E-state index in [2.05, 4.69) is 0 Å². The van der Waals surface area contributed by atoms with Crippen molar-refractivity contribution < 1.29 is 4.39 Å². The van der Waals surface area contributed by atoms with Gasteiger partial charge in [-0.2, -0.15) is 0 Å². The summed E-state index contributed by atoms with van der Waals surface area (Å²) in [5, 5.41) is 0.578. The first-order valence-electron chi connectivity index (χ1n) is 5.26. The van der Waals surface area contributed by atoms with Crippen LogP contribution in [-0.4, -0.2) is 0 Å². The quantitative estimate of drug-likeness (QED) is 0.706. The van der Waals surface area contributed by atoms with Crippen LogP contribution in [0, 0.1) is 5.82 Å². The van der Waals surface area contributed by atoms with Gasteiger partial charge >= 0.3 is 0 Å². The topological polar surface area (TPSA) is 0 Å². The van der Waals surface area contributed by atoms with Crippen LogP contribution < -0.4 is 0 Å². The summed E-state index contributed by atoms with van der Waals surface area (Å²) in [5.41, 5.74) is 2.04. The molecule has 0 N–H and O–H groups in total. The molecule has 0 aliphatic heterocycles. The highest BCUT2D eigenvalue weighted by Gasteiger charge is 2.10. The van der Waals surface area contributed by atoms with Gasteiger partial charge in [0.05, 0.1) is 0 Å². The van der Waals surface area contributed by atoms with Gasteiger partial charge < -0.3 is 0 Å². The first-order chi connectivity index (χ1) is 7.74. The van der Waals surface area contributed by atoms with Crippen molar-refractivity contribution in [3.63, 3.8) is 0 Å². The molecule has 16 heavy (non-hydrogen) atoms. The molecule has 82 valence electrons. The lowest BCUT2D eigenvalue weighted by atomic mass is 10.0. The molecule has 0 spiro atoms. The summed E-state index contributed by atoms with van der Waals surface area (Å²) in [7, 11) is 0. The van der Waals surface area contributed by atoms with Gasteiger partial charge in [-0.25, -0.2) is 4.39 Å². The zero-order chi connectivity index (χ0) is 11.5. The van der Waals surface area contributed by atoms with Crippen LogP contribution in [-0.2, 0) is 6.42 Å². The Kier molecular flexibility index (Phi) is 3.25. The minimum Gasteiger partial charge on any atom is -0.206 e. The van der Waals surface area contributed by atoms with E-state index >= 15 is 0 Å². The first-order valence-corrected chi connectivity index (χ1v) is 5.64. The molecular formula is C14H12ClF. The Morgan fingerprint density at radius 3 is 2.38 bits per heavy atom. The summed E-state index contributed by atoms with van der Waals surface area (Å²) in [6, 6.07) is 12.7. The minimum absolute atomic E-state index is 0.168. The predicted octanol–water partition coefficient (Wildman–Crippen LogP) is 4.71. The maximum atomic E-state index is 14.1. The fraction of sp³-hybridized carbons (Fsp3) is 0.143. The third-order valence-corrected chi connectivity index (χ3v) is 2.95. The Bertz CT molecular complexity index is 506. The van der Waals surface area contributed by atoms with Gasteiger partial charge in [-0.1, -0.05) is 54.9 Å². The third kappa shape index (κ3) is 1.96. The molecule has 0 nitrogen and oxygen atoms in total. The summed E-state index contributed by atoms with van der Waals surface area (Å²) in [6.07, 6.45) is 0.685. The van der Waals surface area contributed by atoms with E-state index in [-0.39, 0.29) is 5.82 Å². The molecule has 0 heterocycles. The lowest BCUT2D eigenvalue weighted by molar-refractivity contribution is 0.616.